The molecule has 10 heteroatoms. The van der Waals surface area contributed by atoms with E-state index in [1.54, 1.807) is 0 Å². The van der Waals surface area contributed by atoms with Crippen LogP contribution < -0.4 is 5.73 Å². The van der Waals surface area contributed by atoms with E-state index in [1.807, 2.05) is 0 Å². The second-order valence-electron chi connectivity index (χ2n) is 4.70. The number of alkyl halides is 3. The molecule has 0 atom stereocenters. The molecule has 118 valence electrons. The number of sulfonamides is 1. The number of nitrogens with zero attached hydrogens (tertiary/aromatic N) is 1. The number of rotatable bonds is 3. The van der Waals surface area contributed by atoms with Crippen molar-refractivity contribution in [3.63, 3.8) is 0 Å². The quantitative estimate of drug-likeness (QED) is 0.843. The third kappa shape index (κ3) is 3.55. The zero-order valence-electron chi connectivity index (χ0n) is 10.8. The highest BCUT2D eigenvalue weighted by molar-refractivity contribution is 7.91. The summed E-state index contributed by atoms with van der Waals surface area (Å²) in [5, 5.41) is 0. The minimum atomic E-state index is -4.27. The Hall–Kier alpha value is -0.710. The minimum Gasteiger partial charge on any atom is -0.389 e. The van der Waals surface area contributed by atoms with Crippen LogP contribution in [0.4, 0.5) is 13.2 Å². The lowest BCUT2D eigenvalue weighted by atomic mass is 9.98. The van der Waals surface area contributed by atoms with Crippen molar-refractivity contribution in [3.8, 4) is 0 Å². The van der Waals surface area contributed by atoms with Gasteiger partial charge in [-0.25, -0.2) is 8.42 Å². The fraction of sp³-hybridized carbons (Fsp3) is 0.545. The second-order valence-corrected chi connectivity index (χ2v) is 8.39. The third-order valence-corrected chi connectivity index (χ3v) is 7.17. The van der Waals surface area contributed by atoms with Crippen molar-refractivity contribution in [1.29, 1.82) is 0 Å². The maximum Gasteiger partial charge on any atom is 0.391 e. The molecule has 2 N–H and O–H groups in total. The highest BCUT2D eigenvalue weighted by Crippen LogP contribution is 2.36. The van der Waals surface area contributed by atoms with Gasteiger partial charge in [0.05, 0.1) is 10.8 Å². The normalized spacial score (nSPS) is 18.8. The van der Waals surface area contributed by atoms with Crippen LogP contribution in [0.3, 0.4) is 0 Å². The van der Waals surface area contributed by atoms with E-state index in [0.717, 1.165) is 15.6 Å². The Morgan fingerprint density at radius 2 is 1.90 bits per heavy atom. The molecule has 0 spiro atoms. The molecule has 0 amide bonds. The Labute approximate surface area is 129 Å². The third-order valence-electron chi connectivity index (χ3n) is 3.34. The van der Waals surface area contributed by atoms with Gasteiger partial charge in [-0.1, -0.05) is 12.2 Å². The Balaban J connectivity index is 2.13. The van der Waals surface area contributed by atoms with E-state index in [4.69, 9.17) is 18.0 Å². The summed E-state index contributed by atoms with van der Waals surface area (Å²) in [5.41, 5.74) is 5.42. The van der Waals surface area contributed by atoms with Crippen LogP contribution in [0.5, 0.6) is 0 Å². The molecule has 1 aromatic rings. The van der Waals surface area contributed by atoms with Crippen LogP contribution in [0.15, 0.2) is 16.3 Å². The molecule has 21 heavy (non-hydrogen) atoms. The number of piperidine rings is 1. The van der Waals surface area contributed by atoms with Crippen LogP contribution in [-0.4, -0.2) is 37.0 Å². The first kappa shape index (κ1) is 16.7. The van der Waals surface area contributed by atoms with Crippen LogP contribution >= 0.6 is 23.6 Å². The number of thiocarbonyl (C=S) groups is 1. The van der Waals surface area contributed by atoms with Crippen LogP contribution in [0, 0.1) is 5.92 Å². The van der Waals surface area contributed by atoms with Gasteiger partial charge in [0.1, 0.15) is 9.20 Å². The lowest BCUT2D eigenvalue weighted by Crippen LogP contribution is -2.41. The Kier molecular flexibility index (Phi) is 4.62. The Morgan fingerprint density at radius 3 is 2.33 bits per heavy atom. The van der Waals surface area contributed by atoms with Crippen molar-refractivity contribution in [2.45, 2.75) is 23.2 Å². The number of hydrogen-bond donors (Lipinski definition) is 1. The zero-order chi connectivity index (χ0) is 15.8. The predicted molar refractivity (Wildman–Crippen MR) is 77.7 cm³/mol. The molecule has 1 aliphatic rings. The van der Waals surface area contributed by atoms with E-state index < -0.39 is 22.1 Å². The van der Waals surface area contributed by atoms with E-state index >= 15 is 0 Å². The molecule has 0 unspecified atom stereocenters. The van der Waals surface area contributed by atoms with Gasteiger partial charge < -0.3 is 5.73 Å². The zero-order valence-corrected chi connectivity index (χ0v) is 13.2. The Bertz CT molecular complexity index is 631. The van der Waals surface area contributed by atoms with Gasteiger partial charge in [-0.15, -0.1) is 11.3 Å². The maximum atomic E-state index is 12.6. The molecule has 2 heterocycles. The topological polar surface area (TPSA) is 63.4 Å². The highest BCUT2D eigenvalue weighted by atomic mass is 32.2. The number of thiophene rings is 1. The van der Waals surface area contributed by atoms with E-state index in [-0.39, 0.29) is 35.1 Å². The van der Waals surface area contributed by atoms with E-state index in [0.29, 0.717) is 4.88 Å². The average Bonchev–Trinajstić information content (AvgIpc) is 2.88. The molecule has 2 rings (SSSR count). The van der Waals surface area contributed by atoms with Crippen LogP contribution in [0.1, 0.15) is 17.7 Å². The smallest absolute Gasteiger partial charge is 0.389 e. The van der Waals surface area contributed by atoms with Crippen molar-refractivity contribution >= 4 is 38.6 Å². The first-order valence-corrected chi connectivity index (χ1v) is 8.75. The van der Waals surface area contributed by atoms with Crippen molar-refractivity contribution in [2.75, 3.05) is 13.1 Å². The van der Waals surface area contributed by atoms with Gasteiger partial charge >= 0.3 is 6.18 Å². The molecule has 0 aromatic carbocycles. The lowest BCUT2D eigenvalue weighted by molar-refractivity contribution is -0.182. The molecule has 0 radical (unpaired) electrons. The summed E-state index contributed by atoms with van der Waals surface area (Å²) < 4.78 is 63.6. The summed E-state index contributed by atoms with van der Waals surface area (Å²) in [6.07, 6.45) is -4.69. The summed E-state index contributed by atoms with van der Waals surface area (Å²) in [6.45, 7) is -0.264. The maximum absolute atomic E-state index is 12.6. The van der Waals surface area contributed by atoms with E-state index in [9.17, 15) is 21.6 Å². The van der Waals surface area contributed by atoms with Gasteiger partial charge in [-0.3, -0.25) is 0 Å². The summed E-state index contributed by atoms with van der Waals surface area (Å²) in [5.74, 6) is -1.43. The average molecular weight is 358 g/mol. The number of hydrogen-bond acceptors (Lipinski definition) is 4. The molecule has 1 aromatic heterocycles. The predicted octanol–water partition coefficient (Wildman–Crippen LogP) is 2.35. The van der Waals surface area contributed by atoms with Gasteiger partial charge in [0.25, 0.3) is 10.0 Å². The molecule has 0 bridgehead atoms. The molecule has 0 saturated carbocycles. The molecular formula is C11H13F3N2O2S3. The fourth-order valence-corrected chi connectivity index (χ4v) is 5.12. The van der Waals surface area contributed by atoms with Crippen molar-refractivity contribution < 1.29 is 21.6 Å². The second kappa shape index (κ2) is 5.82. The lowest BCUT2D eigenvalue weighted by Gasteiger charge is -2.31. The summed E-state index contributed by atoms with van der Waals surface area (Å²) in [4.78, 5) is 0.561. The number of nitrogens with two attached hydrogens (primary N) is 1. The van der Waals surface area contributed by atoms with Crippen molar-refractivity contribution in [2.24, 2.45) is 11.7 Å². The molecule has 1 saturated heterocycles. The molecular weight excluding hydrogens is 345 g/mol. The van der Waals surface area contributed by atoms with Crippen molar-refractivity contribution in [1.82, 2.24) is 4.31 Å². The van der Waals surface area contributed by atoms with Crippen LogP contribution in [0.25, 0.3) is 0 Å². The van der Waals surface area contributed by atoms with Gasteiger partial charge in [-0.05, 0) is 25.0 Å². The molecule has 4 nitrogen and oxygen atoms in total. The van der Waals surface area contributed by atoms with E-state index in [1.165, 1.54) is 12.1 Å². The van der Waals surface area contributed by atoms with Gasteiger partial charge in [0.2, 0.25) is 0 Å². The highest BCUT2D eigenvalue weighted by Gasteiger charge is 2.43. The molecule has 1 aliphatic heterocycles. The first-order valence-electron chi connectivity index (χ1n) is 6.09. The van der Waals surface area contributed by atoms with Crippen molar-refractivity contribution in [3.05, 3.63) is 17.0 Å². The van der Waals surface area contributed by atoms with Gasteiger partial charge in [0, 0.05) is 13.1 Å². The van der Waals surface area contributed by atoms with Gasteiger partial charge in [0.15, 0.2) is 0 Å². The summed E-state index contributed by atoms with van der Waals surface area (Å²) >= 11 is 5.70. The van der Waals surface area contributed by atoms with Gasteiger partial charge in [-0.2, -0.15) is 17.5 Å². The fourth-order valence-electron chi connectivity index (χ4n) is 2.14. The standard InChI is InChI=1S/C11H13F3N2O2S3/c12-11(13,14)7-3-5-16(6-4-7)21(17,18)9-2-1-8(20-9)10(15)19/h1-2,7H,3-6H2,(H2,15,19). The molecule has 0 aliphatic carbocycles. The summed E-state index contributed by atoms with van der Waals surface area (Å²) in [7, 11) is -3.77. The number of halogens is 3. The monoisotopic (exact) mass is 358 g/mol. The molecule has 1 fully saturated rings. The Morgan fingerprint density at radius 1 is 1.33 bits per heavy atom. The first-order chi connectivity index (χ1) is 9.62. The SMILES string of the molecule is NC(=S)c1ccc(S(=O)(=O)N2CCC(C(F)(F)F)CC2)s1. The largest absolute Gasteiger partial charge is 0.391 e. The van der Waals surface area contributed by atoms with Crippen LogP contribution in [-0.2, 0) is 10.0 Å². The van der Waals surface area contributed by atoms with Crippen LogP contribution in [0.2, 0.25) is 0 Å². The minimum absolute atomic E-state index is 0.0516. The van der Waals surface area contributed by atoms with E-state index in [2.05, 4.69) is 0 Å². The summed E-state index contributed by atoms with van der Waals surface area (Å²) in [6, 6.07) is 2.88.